The van der Waals surface area contributed by atoms with Crippen molar-refractivity contribution in [3.8, 4) is 0 Å². The fourth-order valence-electron chi connectivity index (χ4n) is 4.89. The van der Waals surface area contributed by atoms with Gasteiger partial charge in [0.05, 0.1) is 11.1 Å². The summed E-state index contributed by atoms with van der Waals surface area (Å²) in [7, 11) is 0. The first-order valence-electron chi connectivity index (χ1n) is 8.43. The summed E-state index contributed by atoms with van der Waals surface area (Å²) in [5, 5.41) is 9.61. The molecule has 5 heteroatoms. The van der Waals surface area contributed by atoms with Crippen LogP contribution < -0.4 is 0 Å². The number of hydrazone groups is 1. The van der Waals surface area contributed by atoms with Gasteiger partial charge < -0.3 is 0 Å². The number of thiophene rings is 1. The predicted molar refractivity (Wildman–Crippen MR) is 90.5 cm³/mol. The van der Waals surface area contributed by atoms with Crippen LogP contribution in [0.1, 0.15) is 49.9 Å². The van der Waals surface area contributed by atoms with Gasteiger partial charge in [-0.3, -0.25) is 9.59 Å². The Morgan fingerprint density at radius 2 is 2.26 bits per heavy atom. The van der Waals surface area contributed by atoms with E-state index >= 15 is 0 Å². The molecule has 0 aromatic carbocycles. The van der Waals surface area contributed by atoms with Gasteiger partial charge in [-0.1, -0.05) is 6.42 Å². The van der Waals surface area contributed by atoms with Crippen LogP contribution >= 0.6 is 11.3 Å². The fraction of sp³-hybridized carbons (Fsp3) is 0.611. The molecule has 1 aromatic heterocycles. The Hall–Kier alpha value is -1.49. The maximum Gasteiger partial charge on any atom is 0.255 e. The molecule has 4 atom stereocenters. The lowest BCUT2D eigenvalue weighted by atomic mass is 9.66. The minimum absolute atomic E-state index is 0.0242. The van der Waals surface area contributed by atoms with Gasteiger partial charge in [0.25, 0.3) is 5.91 Å². The van der Waals surface area contributed by atoms with Crippen molar-refractivity contribution in [1.82, 2.24) is 5.01 Å². The molecule has 4 rings (SSSR count). The topological polar surface area (TPSA) is 49.7 Å². The van der Waals surface area contributed by atoms with E-state index in [2.05, 4.69) is 12.0 Å². The Bertz CT molecular complexity index is 681. The molecule has 3 aliphatic rings. The Balaban J connectivity index is 1.54. The van der Waals surface area contributed by atoms with Crippen LogP contribution in [0.5, 0.6) is 0 Å². The SMILES string of the molecule is CC1=NN(CC(=O)c2ccsc2)C(=O)C1(C)[C@@H]1C[C@H]2CC[C@@H]1C2. The first-order valence-corrected chi connectivity index (χ1v) is 9.37. The maximum absolute atomic E-state index is 13.1. The zero-order chi connectivity index (χ0) is 16.2. The van der Waals surface area contributed by atoms with Crippen molar-refractivity contribution in [1.29, 1.82) is 0 Å². The largest absolute Gasteiger partial charge is 0.292 e. The molecule has 23 heavy (non-hydrogen) atoms. The molecule has 0 radical (unpaired) electrons. The lowest BCUT2D eigenvalue weighted by Gasteiger charge is -2.35. The number of carbonyl (C=O) groups is 2. The van der Waals surface area contributed by atoms with E-state index in [-0.39, 0.29) is 18.2 Å². The van der Waals surface area contributed by atoms with Crippen molar-refractivity contribution < 1.29 is 9.59 Å². The second-order valence-corrected chi connectivity index (χ2v) is 8.25. The first-order chi connectivity index (χ1) is 11.0. The standard InChI is InChI=1S/C18H22N2O2S/c1-11-18(2,15-8-12-3-4-13(15)7-12)17(22)20(19-11)9-16(21)14-5-6-23-10-14/h5-6,10,12-13,15H,3-4,7-9H2,1-2H3/t12-,13+,15+,18?/m0/s1. The Kier molecular flexibility index (Phi) is 3.45. The van der Waals surface area contributed by atoms with E-state index in [9.17, 15) is 9.59 Å². The molecular formula is C18H22N2O2S. The summed E-state index contributed by atoms with van der Waals surface area (Å²) in [5.74, 6) is 1.85. The third-order valence-corrected chi connectivity index (χ3v) is 7.00. The highest BCUT2D eigenvalue weighted by Crippen LogP contribution is 2.56. The molecule has 1 amide bonds. The molecule has 122 valence electrons. The second-order valence-electron chi connectivity index (χ2n) is 7.47. The molecule has 2 saturated carbocycles. The number of Topliss-reactive ketones (excluding diaryl/α,β-unsaturated/α-hetero) is 1. The fourth-order valence-corrected chi connectivity index (χ4v) is 5.55. The predicted octanol–water partition coefficient (Wildman–Crippen LogP) is 3.59. The number of amides is 1. The van der Waals surface area contributed by atoms with E-state index in [1.54, 1.807) is 6.07 Å². The third kappa shape index (κ3) is 2.20. The van der Waals surface area contributed by atoms with Crippen molar-refractivity contribution in [3.05, 3.63) is 22.4 Å². The summed E-state index contributed by atoms with van der Waals surface area (Å²) in [4.78, 5) is 25.4. The summed E-state index contributed by atoms with van der Waals surface area (Å²) >= 11 is 1.50. The number of fused-ring (bicyclic) bond motifs is 2. The van der Waals surface area contributed by atoms with Crippen molar-refractivity contribution in [2.24, 2.45) is 28.3 Å². The minimum Gasteiger partial charge on any atom is -0.292 e. The van der Waals surface area contributed by atoms with Gasteiger partial charge in [-0.25, -0.2) is 5.01 Å². The highest BCUT2D eigenvalue weighted by molar-refractivity contribution is 7.08. The lowest BCUT2D eigenvalue weighted by molar-refractivity contribution is -0.138. The molecule has 0 N–H and O–H groups in total. The molecule has 2 aliphatic carbocycles. The third-order valence-electron chi connectivity index (χ3n) is 6.32. The quantitative estimate of drug-likeness (QED) is 0.792. The Morgan fingerprint density at radius 3 is 2.87 bits per heavy atom. The van der Waals surface area contributed by atoms with E-state index in [4.69, 9.17) is 0 Å². The number of nitrogens with zero attached hydrogens (tertiary/aromatic N) is 2. The number of rotatable bonds is 4. The summed E-state index contributed by atoms with van der Waals surface area (Å²) in [6.07, 6.45) is 4.99. The number of hydrogen-bond donors (Lipinski definition) is 0. The molecule has 2 fully saturated rings. The molecule has 0 saturated heterocycles. The van der Waals surface area contributed by atoms with Gasteiger partial charge in [0, 0.05) is 10.9 Å². The molecule has 2 heterocycles. The normalized spacial score (nSPS) is 35.9. The van der Waals surface area contributed by atoms with Gasteiger partial charge in [-0.05, 0) is 62.3 Å². The van der Waals surface area contributed by atoms with Crippen molar-refractivity contribution in [2.75, 3.05) is 6.54 Å². The smallest absolute Gasteiger partial charge is 0.255 e. The first kappa shape index (κ1) is 15.1. The van der Waals surface area contributed by atoms with Crippen molar-refractivity contribution in [2.45, 2.75) is 39.5 Å². The number of hydrogen-bond acceptors (Lipinski definition) is 4. The number of carbonyl (C=O) groups excluding carboxylic acids is 2. The number of ketones is 1. The molecule has 1 unspecified atom stereocenters. The molecule has 2 bridgehead atoms. The van der Waals surface area contributed by atoms with Crippen LogP contribution in [0.15, 0.2) is 21.9 Å². The van der Waals surface area contributed by atoms with Gasteiger partial charge in [0.1, 0.15) is 6.54 Å². The molecule has 4 nitrogen and oxygen atoms in total. The lowest BCUT2D eigenvalue weighted by Crippen LogP contribution is -2.45. The van der Waals surface area contributed by atoms with E-state index in [1.807, 2.05) is 17.7 Å². The van der Waals surface area contributed by atoms with E-state index < -0.39 is 5.41 Å². The zero-order valence-corrected chi connectivity index (χ0v) is 14.4. The van der Waals surface area contributed by atoms with Gasteiger partial charge >= 0.3 is 0 Å². The van der Waals surface area contributed by atoms with E-state index in [0.29, 0.717) is 17.4 Å². The zero-order valence-electron chi connectivity index (χ0n) is 13.6. The van der Waals surface area contributed by atoms with E-state index in [1.165, 1.54) is 35.6 Å². The maximum atomic E-state index is 13.1. The molecular weight excluding hydrogens is 308 g/mol. The summed E-state index contributed by atoms with van der Waals surface area (Å²) in [6, 6.07) is 1.80. The van der Waals surface area contributed by atoms with Crippen LogP contribution in [0.3, 0.4) is 0 Å². The average molecular weight is 330 g/mol. The van der Waals surface area contributed by atoms with E-state index in [0.717, 1.165) is 18.1 Å². The Morgan fingerprint density at radius 1 is 1.43 bits per heavy atom. The molecule has 1 aromatic rings. The monoisotopic (exact) mass is 330 g/mol. The van der Waals surface area contributed by atoms with Crippen molar-refractivity contribution >= 4 is 28.7 Å². The van der Waals surface area contributed by atoms with Gasteiger partial charge in [0.15, 0.2) is 5.78 Å². The van der Waals surface area contributed by atoms with Crippen LogP contribution in [0.25, 0.3) is 0 Å². The van der Waals surface area contributed by atoms with Gasteiger partial charge in [-0.2, -0.15) is 16.4 Å². The molecule has 1 aliphatic heterocycles. The van der Waals surface area contributed by atoms with Crippen LogP contribution in [0.2, 0.25) is 0 Å². The second kappa shape index (κ2) is 5.26. The highest BCUT2D eigenvalue weighted by Gasteiger charge is 2.57. The van der Waals surface area contributed by atoms with Crippen molar-refractivity contribution in [3.63, 3.8) is 0 Å². The Labute approximate surface area is 140 Å². The van der Waals surface area contributed by atoms with Crippen LogP contribution in [-0.4, -0.2) is 29.0 Å². The summed E-state index contributed by atoms with van der Waals surface area (Å²) in [6.45, 7) is 4.07. The summed E-state index contributed by atoms with van der Waals surface area (Å²) < 4.78 is 0. The van der Waals surface area contributed by atoms with Gasteiger partial charge in [0.2, 0.25) is 0 Å². The van der Waals surface area contributed by atoms with Crippen LogP contribution in [0.4, 0.5) is 0 Å². The van der Waals surface area contributed by atoms with Crippen LogP contribution in [0, 0.1) is 23.2 Å². The highest BCUT2D eigenvalue weighted by atomic mass is 32.1. The van der Waals surface area contributed by atoms with Crippen LogP contribution in [-0.2, 0) is 4.79 Å². The minimum atomic E-state index is -0.505. The molecule has 0 spiro atoms. The summed E-state index contributed by atoms with van der Waals surface area (Å²) in [5.41, 5.74) is 1.05. The van der Waals surface area contributed by atoms with Gasteiger partial charge in [-0.15, -0.1) is 0 Å². The average Bonchev–Trinajstić information content (AvgIpc) is 3.30.